The Labute approximate surface area is 139 Å². The van der Waals surface area contributed by atoms with E-state index < -0.39 is 8.32 Å². The third kappa shape index (κ3) is 4.24. The molecule has 1 aliphatic rings. The first-order valence-corrected chi connectivity index (χ1v) is 11.7. The standard InChI is InChI=1S/C19H38O2Si/c1-14(2)16-10-11-19(7,17(20)15(16)3)12-13-21-22(8,9)18(4,5)6/h15-17,20H,1,10-13H2,2-9H3/t15-,16-,17+,19+/m0/s1. The molecular weight excluding hydrogens is 288 g/mol. The molecule has 0 bridgehead atoms. The minimum atomic E-state index is -1.69. The van der Waals surface area contributed by atoms with Crippen LogP contribution in [-0.4, -0.2) is 26.1 Å². The van der Waals surface area contributed by atoms with Crippen LogP contribution in [0.25, 0.3) is 0 Å². The van der Waals surface area contributed by atoms with Gasteiger partial charge in [-0.05, 0) is 61.6 Å². The molecule has 22 heavy (non-hydrogen) atoms. The highest BCUT2D eigenvalue weighted by Gasteiger charge is 2.44. The van der Waals surface area contributed by atoms with Crippen molar-refractivity contribution in [3.63, 3.8) is 0 Å². The van der Waals surface area contributed by atoms with Crippen LogP contribution in [0.3, 0.4) is 0 Å². The third-order valence-electron chi connectivity index (χ3n) is 6.45. The third-order valence-corrected chi connectivity index (χ3v) is 11.0. The van der Waals surface area contributed by atoms with Gasteiger partial charge in [0.2, 0.25) is 0 Å². The molecule has 1 aliphatic carbocycles. The lowest BCUT2D eigenvalue weighted by atomic mass is 9.62. The van der Waals surface area contributed by atoms with E-state index in [1.165, 1.54) is 5.57 Å². The molecule has 130 valence electrons. The van der Waals surface area contributed by atoms with Crippen LogP contribution in [0.5, 0.6) is 0 Å². The molecule has 0 heterocycles. The summed E-state index contributed by atoms with van der Waals surface area (Å²) in [6.45, 7) is 22.8. The zero-order chi connectivity index (χ0) is 17.3. The zero-order valence-electron chi connectivity index (χ0n) is 16.1. The van der Waals surface area contributed by atoms with Crippen LogP contribution in [0.15, 0.2) is 12.2 Å². The topological polar surface area (TPSA) is 29.5 Å². The Kier molecular flexibility index (Phi) is 6.14. The maximum atomic E-state index is 10.8. The molecule has 1 N–H and O–H groups in total. The van der Waals surface area contributed by atoms with E-state index in [9.17, 15) is 5.11 Å². The van der Waals surface area contributed by atoms with Gasteiger partial charge in [-0.2, -0.15) is 0 Å². The van der Waals surface area contributed by atoms with Crippen molar-refractivity contribution in [1.82, 2.24) is 0 Å². The Bertz CT molecular complexity index is 397. The average molecular weight is 327 g/mol. The molecule has 4 atom stereocenters. The molecule has 0 aromatic rings. The number of aliphatic hydroxyl groups is 1. The van der Waals surface area contributed by atoms with Crippen molar-refractivity contribution in [2.75, 3.05) is 6.61 Å². The maximum absolute atomic E-state index is 10.8. The van der Waals surface area contributed by atoms with Gasteiger partial charge in [0.25, 0.3) is 0 Å². The minimum absolute atomic E-state index is 0.0201. The summed E-state index contributed by atoms with van der Waals surface area (Å²) >= 11 is 0. The van der Waals surface area contributed by atoms with Crippen LogP contribution in [0.4, 0.5) is 0 Å². The van der Waals surface area contributed by atoms with Gasteiger partial charge in [0.05, 0.1) is 6.10 Å². The molecule has 0 unspecified atom stereocenters. The lowest BCUT2D eigenvalue weighted by Gasteiger charge is -2.47. The van der Waals surface area contributed by atoms with Crippen LogP contribution < -0.4 is 0 Å². The number of hydrogen-bond acceptors (Lipinski definition) is 2. The van der Waals surface area contributed by atoms with E-state index in [0.29, 0.717) is 11.8 Å². The monoisotopic (exact) mass is 326 g/mol. The van der Waals surface area contributed by atoms with E-state index in [0.717, 1.165) is 25.9 Å². The molecule has 0 aliphatic heterocycles. The van der Waals surface area contributed by atoms with Crippen LogP contribution in [0, 0.1) is 17.3 Å². The Morgan fingerprint density at radius 1 is 1.36 bits per heavy atom. The first-order valence-electron chi connectivity index (χ1n) is 8.79. The Morgan fingerprint density at radius 2 is 1.91 bits per heavy atom. The second-order valence-corrected chi connectivity index (χ2v) is 14.1. The maximum Gasteiger partial charge on any atom is 0.191 e. The summed E-state index contributed by atoms with van der Waals surface area (Å²) in [7, 11) is -1.69. The molecule has 0 amide bonds. The van der Waals surface area contributed by atoms with Gasteiger partial charge in [-0.25, -0.2) is 0 Å². The number of rotatable bonds is 5. The summed E-state index contributed by atoms with van der Waals surface area (Å²) in [5.74, 6) is 0.758. The molecule has 1 saturated carbocycles. The Balaban J connectivity index is 2.64. The first kappa shape index (κ1) is 19.9. The summed E-state index contributed by atoms with van der Waals surface area (Å²) in [5, 5.41) is 11.1. The summed E-state index contributed by atoms with van der Waals surface area (Å²) in [5.41, 5.74) is 1.19. The van der Waals surface area contributed by atoms with Gasteiger partial charge in [-0.1, -0.05) is 46.8 Å². The smallest absolute Gasteiger partial charge is 0.191 e. The van der Waals surface area contributed by atoms with Gasteiger partial charge in [-0.3, -0.25) is 0 Å². The van der Waals surface area contributed by atoms with E-state index in [1.807, 2.05) is 0 Å². The van der Waals surface area contributed by atoms with Crippen molar-refractivity contribution in [2.45, 2.75) is 85.0 Å². The van der Waals surface area contributed by atoms with Gasteiger partial charge < -0.3 is 9.53 Å². The minimum Gasteiger partial charge on any atom is -0.417 e. The van der Waals surface area contributed by atoms with Crippen LogP contribution in [0.2, 0.25) is 18.1 Å². The van der Waals surface area contributed by atoms with Crippen molar-refractivity contribution in [3.8, 4) is 0 Å². The quantitative estimate of drug-likeness (QED) is 0.542. The van der Waals surface area contributed by atoms with Crippen molar-refractivity contribution in [2.24, 2.45) is 17.3 Å². The molecular formula is C19H38O2Si. The van der Waals surface area contributed by atoms with Gasteiger partial charge in [0.1, 0.15) is 0 Å². The van der Waals surface area contributed by atoms with Gasteiger partial charge in [-0.15, -0.1) is 0 Å². The fraction of sp³-hybridized carbons (Fsp3) is 0.895. The lowest BCUT2D eigenvalue weighted by molar-refractivity contribution is -0.0644. The number of aliphatic hydroxyl groups excluding tert-OH is 1. The molecule has 0 radical (unpaired) electrons. The van der Waals surface area contributed by atoms with Crippen LogP contribution in [0.1, 0.15) is 60.8 Å². The van der Waals surface area contributed by atoms with Gasteiger partial charge in [0.15, 0.2) is 8.32 Å². The normalized spacial score (nSPS) is 33.8. The average Bonchev–Trinajstić information content (AvgIpc) is 2.34. The lowest BCUT2D eigenvalue weighted by Crippen LogP contribution is -2.47. The molecule has 0 aromatic carbocycles. The summed E-state index contributed by atoms with van der Waals surface area (Å²) in [6, 6.07) is 0. The van der Waals surface area contributed by atoms with E-state index in [2.05, 4.69) is 61.2 Å². The van der Waals surface area contributed by atoms with E-state index in [-0.39, 0.29) is 16.6 Å². The predicted molar refractivity (Wildman–Crippen MR) is 98.6 cm³/mol. The summed E-state index contributed by atoms with van der Waals surface area (Å²) < 4.78 is 6.33. The highest BCUT2D eigenvalue weighted by Crippen LogP contribution is 2.47. The van der Waals surface area contributed by atoms with Crippen LogP contribution >= 0.6 is 0 Å². The highest BCUT2D eigenvalue weighted by atomic mass is 28.4. The first-order chi connectivity index (χ1) is 9.82. The predicted octanol–water partition coefficient (Wildman–Crippen LogP) is 5.39. The fourth-order valence-electron chi connectivity index (χ4n) is 3.47. The van der Waals surface area contributed by atoms with Crippen molar-refractivity contribution < 1.29 is 9.53 Å². The molecule has 1 rings (SSSR count). The van der Waals surface area contributed by atoms with Gasteiger partial charge in [0, 0.05) is 6.61 Å². The van der Waals surface area contributed by atoms with E-state index >= 15 is 0 Å². The van der Waals surface area contributed by atoms with Gasteiger partial charge >= 0.3 is 0 Å². The molecule has 3 heteroatoms. The Morgan fingerprint density at radius 3 is 2.36 bits per heavy atom. The van der Waals surface area contributed by atoms with E-state index in [4.69, 9.17) is 4.43 Å². The second-order valence-electron chi connectivity index (χ2n) is 9.31. The molecule has 0 spiro atoms. The molecule has 0 saturated heterocycles. The molecule has 1 fully saturated rings. The number of hydrogen-bond donors (Lipinski definition) is 1. The largest absolute Gasteiger partial charge is 0.417 e. The van der Waals surface area contributed by atoms with Crippen LogP contribution in [-0.2, 0) is 4.43 Å². The summed E-state index contributed by atoms with van der Waals surface area (Å²) in [6.07, 6.45) is 2.90. The van der Waals surface area contributed by atoms with Crippen molar-refractivity contribution >= 4 is 8.32 Å². The van der Waals surface area contributed by atoms with Crippen molar-refractivity contribution in [3.05, 3.63) is 12.2 Å². The van der Waals surface area contributed by atoms with E-state index in [1.54, 1.807) is 0 Å². The highest BCUT2D eigenvalue weighted by molar-refractivity contribution is 6.74. The second kappa shape index (κ2) is 6.78. The number of allylic oxidation sites excluding steroid dienone is 1. The SMILES string of the molecule is C=C(C)[C@@H]1CC[C@](C)(CCO[Si](C)(C)C(C)(C)C)[C@H](O)[C@H]1C. The zero-order valence-corrected chi connectivity index (χ0v) is 17.1. The van der Waals surface area contributed by atoms with Crippen molar-refractivity contribution in [1.29, 1.82) is 0 Å². The molecule has 2 nitrogen and oxygen atoms in total. The molecule has 0 aromatic heterocycles. The fourth-order valence-corrected chi connectivity index (χ4v) is 4.52. The Hall–Kier alpha value is -0.123. The summed E-state index contributed by atoms with van der Waals surface area (Å²) in [4.78, 5) is 0.